The largest absolute Gasteiger partial charge is 0.507 e. The van der Waals surface area contributed by atoms with E-state index in [4.69, 9.17) is 17.3 Å². The van der Waals surface area contributed by atoms with Crippen LogP contribution in [-0.4, -0.2) is 19.6 Å². The number of aromatic nitrogens is 3. The Balaban J connectivity index is 1.48. The average molecular weight is 840 g/mol. The lowest BCUT2D eigenvalue weighted by Crippen LogP contribution is -2.17. The normalized spacial score (nSPS) is 15.0. The standard InChI is InChI=1S/C59H63N3O/c1-37-22-24-38(25-23-37)40-28-29-60-50(33-40)42-30-41(31-44(32-42)57(5,6)7)46-20-17-21-52-53(46)61-55(48-35-45(58(8,9)10)36-49(54(48)63)59(11,12)13)62(52)51-27-26-43(56(2,3)4)34-47(51)39-18-15-14-16-19-39/h14-36,63H,1-13H3/i1D3,22D,23D,24D,25D,28D,29D,33D. The Hall–Kier alpha value is -6.26. The van der Waals surface area contributed by atoms with Crippen LogP contribution in [0.3, 0.4) is 0 Å². The molecule has 0 fully saturated rings. The predicted octanol–water partition coefficient (Wildman–Crippen LogP) is 16.0. The summed E-state index contributed by atoms with van der Waals surface area (Å²) in [5, 5.41) is 12.6. The summed E-state index contributed by atoms with van der Waals surface area (Å²) in [7, 11) is 0. The molecule has 0 aliphatic heterocycles. The summed E-state index contributed by atoms with van der Waals surface area (Å²) in [5.41, 5.74) is 7.36. The van der Waals surface area contributed by atoms with Crippen LogP contribution < -0.4 is 0 Å². The molecule has 63 heavy (non-hydrogen) atoms. The molecular formula is C59H63N3O. The van der Waals surface area contributed by atoms with Gasteiger partial charge in [0.25, 0.3) is 0 Å². The quantitative estimate of drug-likeness (QED) is 0.181. The van der Waals surface area contributed by atoms with Crippen molar-refractivity contribution in [2.24, 2.45) is 0 Å². The predicted molar refractivity (Wildman–Crippen MR) is 267 cm³/mol. The molecule has 2 heterocycles. The van der Waals surface area contributed by atoms with Gasteiger partial charge in [-0.1, -0.05) is 173 Å². The fraction of sp³-hybridized carbons (Fsp3) is 0.288. The molecule has 4 heteroatoms. The van der Waals surface area contributed by atoms with Gasteiger partial charge >= 0.3 is 0 Å². The van der Waals surface area contributed by atoms with Gasteiger partial charge in [0, 0.05) is 32.5 Å². The second-order valence-electron chi connectivity index (χ2n) is 20.7. The first kappa shape index (κ1) is 32.4. The summed E-state index contributed by atoms with van der Waals surface area (Å²) in [6, 6.07) is 28.5. The molecule has 0 aliphatic rings. The maximum Gasteiger partial charge on any atom is 0.149 e. The van der Waals surface area contributed by atoms with Gasteiger partial charge in [-0.25, -0.2) is 4.98 Å². The highest BCUT2D eigenvalue weighted by molar-refractivity contribution is 5.98. The van der Waals surface area contributed by atoms with Crippen LogP contribution in [0.4, 0.5) is 0 Å². The maximum atomic E-state index is 12.6. The third-order valence-corrected chi connectivity index (χ3v) is 11.7. The number of hydrogen-bond acceptors (Lipinski definition) is 3. The van der Waals surface area contributed by atoms with Crippen LogP contribution in [0, 0.1) is 6.85 Å². The van der Waals surface area contributed by atoms with Crippen molar-refractivity contribution in [1.29, 1.82) is 0 Å². The highest BCUT2D eigenvalue weighted by atomic mass is 16.3. The van der Waals surface area contributed by atoms with E-state index >= 15 is 0 Å². The highest BCUT2D eigenvalue weighted by Gasteiger charge is 2.30. The molecule has 8 rings (SSSR count). The van der Waals surface area contributed by atoms with Crippen LogP contribution in [0.1, 0.15) is 125 Å². The lowest BCUT2D eigenvalue weighted by atomic mass is 9.79. The average Bonchev–Trinajstić information content (AvgIpc) is 3.68. The molecule has 0 atom stereocenters. The Morgan fingerprint density at radius 1 is 0.540 bits per heavy atom. The summed E-state index contributed by atoms with van der Waals surface area (Å²) in [6.45, 7) is 22.5. The first-order valence-corrected chi connectivity index (χ1v) is 21.6. The molecular weight excluding hydrogens is 767 g/mol. The zero-order chi connectivity index (χ0) is 53.8. The van der Waals surface area contributed by atoms with Crippen molar-refractivity contribution in [3.05, 3.63) is 167 Å². The number of rotatable bonds is 6. The second-order valence-corrected chi connectivity index (χ2v) is 20.7. The number of fused-ring (bicyclic) bond motifs is 1. The van der Waals surface area contributed by atoms with E-state index in [2.05, 4.69) is 114 Å². The van der Waals surface area contributed by atoms with Crippen LogP contribution in [0.25, 0.3) is 72.7 Å². The van der Waals surface area contributed by atoms with Crippen molar-refractivity contribution in [3.63, 3.8) is 0 Å². The number of para-hydroxylation sites is 1. The van der Waals surface area contributed by atoms with E-state index in [-0.39, 0.29) is 27.8 Å². The molecule has 1 N–H and O–H groups in total. The van der Waals surface area contributed by atoms with Crippen molar-refractivity contribution in [2.45, 2.75) is 112 Å². The minimum atomic E-state index is -2.97. The Kier molecular flexibility index (Phi) is 8.14. The molecule has 0 unspecified atom stereocenters. The number of phenolic OH excluding ortho intramolecular Hbond substituents is 1. The van der Waals surface area contributed by atoms with Crippen LogP contribution in [0.5, 0.6) is 5.75 Å². The zero-order valence-electron chi connectivity index (χ0n) is 48.5. The van der Waals surface area contributed by atoms with Gasteiger partial charge in [0.05, 0.1) is 37.6 Å². The van der Waals surface area contributed by atoms with Crippen molar-refractivity contribution in [2.75, 3.05) is 0 Å². The number of pyridine rings is 1. The summed E-state index contributed by atoms with van der Waals surface area (Å²) < 4.78 is 88.5. The number of benzene rings is 6. The van der Waals surface area contributed by atoms with Gasteiger partial charge < -0.3 is 5.11 Å². The van der Waals surface area contributed by atoms with Crippen LogP contribution in [-0.2, 0) is 21.7 Å². The Bertz CT molecular complexity index is 3480. The molecule has 0 aliphatic carbocycles. The monoisotopic (exact) mass is 840 g/mol. The van der Waals surface area contributed by atoms with Crippen LogP contribution in [0.2, 0.25) is 0 Å². The van der Waals surface area contributed by atoms with E-state index in [1.807, 2.05) is 75.4 Å². The molecule has 0 saturated carbocycles. The van der Waals surface area contributed by atoms with Gasteiger partial charge in [0.2, 0.25) is 0 Å². The lowest BCUT2D eigenvalue weighted by molar-refractivity contribution is 0.446. The number of nitrogens with zero attached hydrogens (tertiary/aromatic N) is 3. The smallest absolute Gasteiger partial charge is 0.149 e. The molecule has 2 aromatic heterocycles. The van der Waals surface area contributed by atoms with Crippen molar-refractivity contribution in [3.8, 4) is 67.5 Å². The van der Waals surface area contributed by atoms with E-state index in [9.17, 15) is 6.48 Å². The Morgan fingerprint density at radius 3 is 1.84 bits per heavy atom. The Labute approximate surface area is 389 Å². The molecule has 4 nitrogen and oxygen atoms in total. The van der Waals surface area contributed by atoms with Crippen molar-refractivity contribution >= 4 is 11.0 Å². The van der Waals surface area contributed by atoms with Crippen molar-refractivity contribution < 1.29 is 18.8 Å². The SMILES string of the molecule is [2H]c1nc(-c2cc(-c3cccc4c3nc(-c3cc(C(C)(C)C)cc(C(C)(C)C)c3O)n4-c3ccc(C(C)(C)C)cc3-c3ccccc3)cc(C(C)(C)C)c2)c([2H])c(-c2c([2H])c([2H])c(C([2H])([2H])[2H])c([2H])c2[2H])c1[2H]. The summed E-state index contributed by atoms with van der Waals surface area (Å²) >= 11 is 0. The molecule has 8 aromatic rings. The van der Waals surface area contributed by atoms with E-state index < -0.39 is 71.2 Å². The van der Waals surface area contributed by atoms with Gasteiger partial charge in [-0.15, -0.1) is 0 Å². The van der Waals surface area contributed by atoms with Crippen molar-refractivity contribution in [1.82, 2.24) is 14.5 Å². The van der Waals surface area contributed by atoms with E-state index in [1.165, 1.54) is 0 Å². The van der Waals surface area contributed by atoms with Crippen LogP contribution in [0.15, 0.2) is 139 Å². The third-order valence-electron chi connectivity index (χ3n) is 11.7. The minimum Gasteiger partial charge on any atom is -0.507 e. The number of hydrogen-bond donors (Lipinski definition) is 1. The first-order valence-electron chi connectivity index (χ1n) is 26.6. The number of phenols is 1. The van der Waals surface area contributed by atoms with E-state index in [1.54, 1.807) is 0 Å². The van der Waals surface area contributed by atoms with Gasteiger partial charge in [-0.2, -0.15) is 0 Å². The topological polar surface area (TPSA) is 50.9 Å². The van der Waals surface area contributed by atoms with Gasteiger partial charge in [-0.05, 0) is 116 Å². The highest BCUT2D eigenvalue weighted by Crippen LogP contribution is 2.46. The molecule has 0 spiro atoms. The first-order chi connectivity index (χ1) is 33.7. The summed E-state index contributed by atoms with van der Waals surface area (Å²) in [5.74, 6) is 0.658. The van der Waals surface area contributed by atoms with Crippen LogP contribution >= 0.6 is 0 Å². The van der Waals surface area contributed by atoms with Gasteiger partial charge in [0.15, 0.2) is 0 Å². The number of aromatic hydroxyl groups is 1. The fourth-order valence-corrected chi connectivity index (χ4v) is 7.98. The summed E-state index contributed by atoms with van der Waals surface area (Å²) in [4.78, 5) is 10.1. The molecule has 0 amide bonds. The second kappa shape index (κ2) is 15.8. The molecule has 0 bridgehead atoms. The third kappa shape index (κ3) is 8.61. The fourth-order valence-electron chi connectivity index (χ4n) is 7.98. The van der Waals surface area contributed by atoms with E-state index in [0.29, 0.717) is 28.0 Å². The van der Waals surface area contributed by atoms with Gasteiger partial charge in [-0.3, -0.25) is 9.55 Å². The van der Waals surface area contributed by atoms with E-state index in [0.717, 1.165) is 50.1 Å². The zero-order valence-corrected chi connectivity index (χ0v) is 38.5. The summed E-state index contributed by atoms with van der Waals surface area (Å²) in [6.07, 6.45) is -0.565. The Morgan fingerprint density at radius 2 is 1.19 bits per heavy atom. The molecule has 0 radical (unpaired) electrons. The maximum absolute atomic E-state index is 12.6. The molecule has 0 saturated heterocycles. The molecule has 320 valence electrons. The van der Waals surface area contributed by atoms with Gasteiger partial charge in [0.1, 0.15) is 11.6 Å². The minimum absolute atomic E-state index is 0.0384. The number of imidazole rings is 1. The molecule has 6 aromatic carbocycles. The lowest BCUT2D eigenvalue weighted by Gasteiger charge is -2.28.